The van der Waals surface area contributed by atoms with E-state index >= 15 is 0 Å². The van der Waals surface area contributed by atoms with Crippen LogP contribution in [0, 0.1) is 5.82 Å². The van der Waals surface area contributed by atoms with Crippen LogP contribution in [-0.2, 0) is 10.9 Å². The van der Waals surface area contributed by atoms with E-state index in [0.29, 0.717) is 0 Å². The van der Waals surface area contributed by atoms with Crippen molar-refractivity contribution >= 4 is 11.7 Å². The van der Waals surface area contributed by atoms with Gasteiger partial charge in [0, 0.05) is 17.3 Å². The number of benzene rings is 1. The van der Waals surface area contributed by atoms with Crippen LogP contribution in [0.5, 0.6) is 0 Å². The number of carbonyl (C=O) groups is 1. The monoisotopic (exact) mass is 328 g/mol. The Morgan fingerprint density at radius 3 is 2.52 bits per heavy atom. The highest BCUT2D eigenvalue weighted by Gasteiger charge is 2.32. The normalized spacial score (nSPS) is 11.3. The van der Waals surface area contributed by atoms with Gasteiger partial charge in [-0.15, -0.1) is 0 Å². The highest BCUT2D eigenvalue weighted by molar-refractivity contribution is 5.98. The number of hydrogen-bond acceptors (Lipinski definition) is 4. The molecule has 0 saturated heterocycles. The maximum atomic E-state index is 13.7. The zero-order valence-electron chi connectivity index (χ0n) is 11.9. The van der Waals surface area contributed by atoms with Crippen LogP contribution in [-0.4, -0.2) is 17.6 Å². The minimum atomic E-state index is -4.59. The molecule has 1 heterocycles. The maximum absolute atomic E-state index is 13.7. The van der Waals surface area contributed by atoms with Crippen molar-refractivity contribution in [1.29, 1.82) is 0 Å². The quantitative estimate of drug-likeness (QED) is 0.530. The van der Waals surface area contributed by atoms with Gasteiger partial charge in [0.25, 0.3) is 0 Å². The molecule has 0 atom stereocenters. The number of nitrogens with zero attached hydrogens (tertiary/aromatic N) is 1. The van der Waals surface area contributed by atoms with E-state index in [1.807, 2.05) is 0 Å². The van der Waals surface area contributed by atoms with E-state index in [-0.39, 0.29) is 29.0 Å². The van der Waals surface area contributed by atoms with E-state index in [9.17, 15) is 22.4 Å². The smallest absolute Gasteiger partial charge is 0.433 e. The van der Waals surface area contributed by atoms with Crippen molar-refractivity contribution in [2.75, 3.05) is 12.3 Å². The van der Waals surface area contributed by atoms with Crippen LogP contribution in [0.15, 0.2) is 30.5 Å². The Morgan fingerprint density at radius 1 is 1.30 bits per heavy atom. The number of carbonyl (C=O) groups excluding carboxylic acids is 1. The Kier molecular flexibility index (Phi) is 4.53. The number of aromatic nitrogens is 1. The number of esters is 1. The van der Waals surface area contributed by atoms with Gasteiger partial charge in [-0.05, 0) is 25.1 Å². The summed E-state index contributed by atoms with van der Waals surface area (Å²) in [4.78, 5) is 15.2. The number of nitrogen functional groups attached to an aromatic ring is 1. The third kappa shape index (κ3) is 3.58. The van der Waals surface area contributed by atoms with Gasteiger partial charge in [0.05, 0.1) is 17.9 Å². The van der Waals surface area contributed by atoms with E-state index in [4.69, 9.17) is 10.5 Å². The lowest BCUT2D eigenvalue weighted by Gasteiger charge is -2.12. The predicted octanol–water partition coefficient (Wildman–Crippen LogP) is 3.67. The summed E-state index contributed by atoms with van der Waals surface area (Å²) in [7, 11) is 0. The number of pyridine rings is 1. The molecule has 2 rings (SSSR count). The van der Waals surface area contributed by atoms with Crippen LogP contribution in [0.3, 0.4) is 0 Å². The first-order valence-corrected chi connectivity index (χ1v) is 6.53. The molecule has 0 radical (unpaired) electrons. The summed E-state index contributed by atoms with van der Waals surface area (Å²) in [6, 6.07) is 3.90. The number of rotatable bonds is 3. The van der Waals surface area contributed by atoms with Gasteiger partial charge >= 0.3 is 12.1 Å². The highest BCUT2D eigenvalue weighted by Crippen LogP contribution is 2.31. The van der Waals surface area contributed by atoms with Crippen molar-refractivity contribution in [1.82, 2.24) is 4.98 Å². The van der Waals surface area contributed by atoms with Gasteiger partial charge in [-0.3, -0.25) is 4.98 Å². The van der Waals surface area contributed by atoms with Gasteiger partial charge in [-0.1, -0.05) is 6.07 Å². The van der Waals surface area contributed by atoms with Crippen molar-refractivity contribution in [3.63, 3.8) is 0 Å². The second kappa shape index (κ2) is 6.23. The Labute approximate surface area is 128 Å². The zero-order chi connectivity index (χ0) is 17.2. The standard InChI is InChI=1S/C15H12F4N2O2/c1-2-23-14(22)10-6-12(20)11(16)5-9(10)8-3-4-13(21-7-8)15(17,18)19/h3-7H,2,20H2,1H3. The van der Waals surface area contributed by atoms with Crippen LogP contribution in [0.25, 0.3) is 11.1 Å². The number of ether oxygens (including phenoxy) is 1. The molecule has 0 fully saturated rings. The van der Waals surface area contributed by atoms with E-state index < -0.39 is 23.7 Å². The van der Waals surface area contributed by atoms with Gasteiger partial charge in [-0.25, -0.2) is 9.18 Å². The molecule has 0 aliphatic carbocycles. The average molecular weight is 328 g/mol. The molecule has 0 aliphatic heterocycles. The van der Waals surface area contributed by atoms with E-state index in [1.165, 1.54) is 0 Å². The van der Waals surface area contributed by atoms with Crippen LogP contribution in [0.4, 0.5) is 23.2 Å². The fourth-order valence-corrected chi connectivity index (χ4v) is 1.93. The lowest BCUT2D eigenvalue weighted by Crippen LogP contribution is -2.09. The molecule has 23 heavy (non-hydrogen) atoms. The summed E-state index contributed by atoms with van der Waals surface area (Å²) in [5, 5.41) is 0. The molecule has 0 unspecified atom stereocenters. The van der Waals surface area contributed by atoms with Crippen LogP contribution in [0.1, 0.15) is 23.0 Å². The molecule has 122 valence electrons. The maximum Gasteiger partial charge on any atom is 0.433 e. The lowest BCUT2D eigenvalue weighted by molar-refractivity contribution is -0.141. The highest BCUT2D eigenvalue weighted by atomic mass is 19.4. The summed E-state index contributed by atoms with van der Waals surface area (Å²) in [5.41, 5.74) is 4.22. The number of anilines is 1. The van der Waals surface area contributed by atoms with Crippen molar-refractivity contribution in [3.05, 3.63) is 47.5 Å². The number of alkyl halides is 3. The summed E-state index contributed by atoms with van der Waals surface area (Å²) in [6.45, 7) is 1.67. The van der Waals surface area contributed by atoms with Crippen LogP contribution in [0.2, 0.25) is 0 Å². The van der Waals surface area contributed by atoms with Crippen molar-refractivity contribution in [2.45, 2.75) is 13.1 Å². The van der Waals surface area contributed by atoms with Crippen LogP contribution >= 0.6 is 0 Å². The summed E-state index contributed by atoms with van der Waals surface area (Å²) in [6.07, 6.45) is -3.68. The first-order chi connectivity index (χ1) is 10.7. The average Bonchev–Trinajstić information content (AvgIpc) is 2.49. The summed E-state index contributed by atoms with van der Waals surface area (Å²) >= 11 is 0. The molecule has 2 aromatic rings. The Morgan fingerprint density at radius 2 is 2.00 bits per heavy atom. The molecule has 0 amide bonds. The third-order valence-corrected chi connectivity index (χ3v) is 3.00. The molecule has 0 saturated carbocycles. The van der Waals surface area contributed by atoms with Crippen molar-refractivity contribution in [3.8, 4) is 11.1 Å². The van der Waals surface area contributed by atoms with Crippen molar-refractivity contribution < 1.29 is 27.1 Å². The predicted molar refractivity (Wildman–Crippen MR) is 75.0 cm³/mol. The summed E-state index contributed by atoms with van der Waals surface area (Å²) in [5.74, 6) is -1.55. The third-order valence-electron chi connectivity index (χ3n) is 3.00. The van der Waals surface area contributed by atoms with E-state index in [0.717, 1.165) is 30.5 Å². The number of hydrogen-bond donors (Lipinski definition) is 1. The number of halogens is 4. The lowest BCUT2D eigenvalue weighted by atomic mass is 9.99. The topological polar surface area (TPSA) is 65.2 Å². The molecule has 2 N–H and O–H groups in total. The molecule has 8 heteroatoms. The van der Waals surface area contributed by atoms with Gasteiger partial charge in [0.1, 0.15) is 11.5 Å². The molecule has 1 aromatic carbocycles. The largest absolute Gasteiger partial charge is 0.462 e. The van der Waals surface area contributed by atoms with Crippen molar-refractivity contribution in [2.24, 2.45) is 0 Å². The fraction of sp³-hybridized carbons (Fsp3) is 0.200. The Balaban J connectivity index is 2.53. The minimum absolute atomic E-state index is 0.0488. The van der Waals surface area contributed by atoms with Gasteiger partial charge in [-0.2, -0.15) is 13.2 Å². The molecule has 4 nitrogen and oxygen atoms in total. The first kappa shape index (κ1) is 16.7. The second-order valence-corrected chi connectivity index (χ2v) is 4.57. The molecule has 0 aliphatic rings. The Bertz CT molecular complexity index is 727. The SMILES string of the molecule is CCOC(=O)c1cc(N)c(F)cc1-c1ccc(C(F)(F)F)nc1. The van der Waals surface area contributed by atoms with Gasteiger partial charge in [0.2, 0.25) is 0 Å². The Hall–Kier alpha value is -2.64. The van der Waals surface area contributed by atoms with Crippen LogP contribution < -0.4 is 5.73 Å². The van der Waals surface area contributed by atoms with E-state index in [2.05, 4.69) is 4.98 Å². The fourth-order valence-electron chi connectivity index (χ4n) is 1.93. The van der Waals surface area contributed by atoms with E-state index in [1.54, 1.807) is 6.92 Å². The first-order valence-electron chi connectivity index (χ1n) is 6.53. The molecule has 1 aromatic heterocycles. The summed E-state index contributed by atoms with van der Waals surface area (Å²) < 4.78 is 56.1. The molecular weight excluding hydrogens is 316 g/mol. The van der Waals surface area contributed by atoms with Gasteiger partial charge < -0.3 is 10.5 Å². The second-order valence-electron chi connectivity index (χ2n) is 4.57. The molecule has 0 spiro atoms. The van der Waals surface area contributed by atoms with Gasteiger partial charge in [0.15, 0.2) is 0 Å². The molecular formula is C15H12F4N2O2. The number of nitrogens with two attached hydrogens (primary N) is 1. The molecule has 0 bridgehead atoms. The zero-order valence-corrected chi connectivity index (χ0v) is 11.9. The minimum Gasteiger partial charge on any atom is -0.462 e.